The van der Waals surface area contributed by atoms with E-state index in [0.717, 1.165) is 25.0 Å². The number of amides is 1. The minimum absolute atomic E-state index is 0.0418. The van der Waals surface area contributed by atoms with E-state index in [0.29, 0.717) is 6.42 Å². The van der Waals surface area contributed by atoms with Gasteiger partial charge in [0.2, 0.25) is 5.91 Å². The molecule has 1 saturated heterocycles. The Morgan fingerprint density at radius 1 is 1.44 bits per heavy atom. The van der Waals surface area contributed by atoms with Crippen LogP contribution >= 0.6 is 0 Å². The van der Waals surface area contributed by atoms with Crippen molar-refractivity contribution in [1.29, 1.82) is 0 Å². The molecule has 1 aromatic rings. The maximum atomic E-state index is 11.8. The molecule has 0 radical (unpaired) electrons. The van der Waals surface area contributed by atoms with Crippen LogP contribution in [0.4, 0.5) is 0 Å². The summed E-state index contributed by atoms with van der Waals surface area (Å²) in [6.45, 7) is 0.654. The monoisotopic (exact) mass is 249 g/mol. The van der Waals surface area contributed by atoms with Crippen molar-refractivity contribution in [3.05, 3.63) is 35.9 Å². The number of hydrogen-bond acceptors (Lipinski definition) is 3. The second-order valence-electron chi connectivity index (χ2n) is 4.55. The van der Waals surface area contributed by atoms with Crippen molar-refractivity contribution in [3.8, 4) is 0 Å². The summed E-state index contributed by atoms with van der Waals surface area (Å²) in [5, 5.41) is 12.2. The average Bonchev–Trinajstić information content (AvgIpc) is 2.90. The van der Waals surface area contributed by atoms with E-state index < -0.39 is 0 Å². The standard InChI is InChI=1S/C14H19NO3/c16-10-13(11-5-2-1-3-6-11)15-14(17)9-12-7-4-8-18-12/h1-3,5-6,12-13,16H,4,7-10H2,(H,15,17)/t12?,13-/m0/s1. The highest BCUT2D eigenvalue weighted by molar-refractivity contribution is 5.77. The van der Waals surface area contributed by atoms with Crippen molar-refractivity contribution in [2.75, 3.05) is 13.2 Å². The number of carbonyl (C=O) groups is 1. The number of hydrogen-bond donors (Lipinski definition) is 2. The van der Waals surface area contributed by atoms with Crippen molar-refractivity contribution < 1.29 is 14.6 Å². The fraction of sp³-hybridized carbons (Fsp3) is 0.500. The van der Waals surface area contributed by atoms with Crippen LogP contribution in [-0.2, 0) is 9.53 Å². The largest absolute Gasteiger partial charge is 0.394 e. The van der Waals surface area contributed by atoms with Gasteiger partial charge in [0.25, 0.3) is 0 Å². The van der Waals surface area contributed by atoms with E-state index in [1.54, 1.807) is 0 Å². The summed E-state index contributed by atoms with van der Waals surface area (Å²) in [6, 6.07) is 9.15. The molecule has 4 nitrogen and oxygen atoms in total. The van der Waals surface area contributed by atoms with Gasteiger partial charge in [-0.25, -0.2) is 0 Å². The van der Waals surface area contributed by atoms with E-state index in [1.165, 1.54) is 0 Å². The molecule has 1 aliphatic rings. The Balaban J connectivity index is 1.87. The molecule has 2 N–H and O–H groups in total. The van der Waals surface area contributed by atoms with Crippen LogP contribution in [0.2, 0.25) is 0 Å². The van der Waals surface area contributed by atoms with Gasteiger partial charge in [-0.05, 0) is 18.4 Å². The second kappa shape index (κ2) is 6.52. The van der Waals surface area contributed by atoms with E-state index in [-0.39, 0.29) is 24.7 Å². The third-order valence-electron chi connectivity index (χ3n) is 3.16. The highest BCUT2D eigenvalue weighted by Crippen LogP contribution is 2.16. The molecule has 98 valence electrons. The van der Waals surface area contributed by atoms with Crippen LogP contribution in [-0.4, -0.2) is 30.3 Å². The quantitative estimate of drug-likeness (QED) is 0.829. The SMILES string of the molecule is O=C(CC1CCCO1)N[C@@H](CO)c1ccccc1. The Labute approximate surface area is 107 Å². The molecule has 2 rings (SSSR count). The van der Waals surface area contributed by atoms with Crippen molar-refractivity contribution >= 4 is 5.91 Å². The summed E-state index contributed by atoms with van der Waals surface area (Å²) in [4.78, 5) is 11.8. The Hall–Kier alpha value is -1.39. The molecule has 0 bridgehead atoms. The fourth-order valence-electron chi connectivity index (χ4n) is 2.19. The molecule has 1 unspecified atom stereocenters. The number of carbonyl (C=O) groups excluding carboxylic acids is 1. The summed E-state index contributed by atoms with van der Waals surface area (Å²) < 4.78 is 5.42. The first kappa shape index (κ1) is 13.1. The van der Waals surface area contributed by atoms with E-state index in [1.807, 2.05) is 30.3 Å². The number of aliphatic hydroxyl groups is 1. The number of benzene rings is 1. The van der Waals surface area contributed by atoms with Crippen LogP contribution < -0.4 is 5.32 Å². The zero-order chi connectivity index (χ0) is 12.8. The number of rotatable bonds is 5. The third kappa shape index (κ3) is 3.55. The first-order chi connectivity index (χ1) is 8.79. The predicted molar refractivity (Wildman–Crippen MR) is 68.0 cm³/mol. The molecular formula is C14H19NO3. The van der Waals surface area contributed by atoms with E-state index in [9.17, 15) is 9.90 Å². The highest BCUT2D eigenvalue weighted by Gasteiger charge is 2.21. The predicted octanol–water partition coefficient (Wildman–Crippen LogP) is 1.41. The van der Waals surface area contributed by atoms with Gasteiger partial charge in [-0.3, -0.25) is 4.79 Å². The minimum Gasteiger partial charge on any atom is -0.394 e. The van der Waals surface area contributed by atoms with Gasteiger partial charge in [-0.15, -0.1) is 0 Å². The van der Waals surface area contributed by atoms with Crippen LogP contribution in [0, 0.1) is 0 Å². The smallest absolute Gasteiger partial charge is 0.223 e. The van der Waals surface area contributed by atoms with Gasteiger partial charge in [0, 0.05) is 6.61 Å². The summed E-state index contributed by atoms with van der Waals surface area (Å²) in [5.74, 6) is -0.0650. The second-order valence-corrected chi connectivity index (χ2v) is 4.55. The molecule has 1 aliphatic heterocycles. The average molecular weight is 249 g/mol. The maximum absolute atomic E-state index is 11.8. The van der Waals surface area contributed by atoms with Crippen LogP contribution in [0.5, 0.6) is 0 Å². The van der Waals surface area contributed by atoms with Crippen molar-refractivity contribution in [1.82, 2.24) is 5.32 Å². The molecule has 0 aromatic heterocycles. The summed E-state index contributed by atoms with van der Waals surface area (Å²) in [7, 11) is 0. The minimum atomic E-state index is -0.333. The zero-order valence-corrected chi connectivity index (χ0v) is 10.3. The van der Waals surface area contributed by atoms with Gasteiger partial charge in [0.15, 0.2) is 0 Å². The van der Waals surface area contributed by atoms with Crippen LogP contribution in [0.3, 0.4) is 0 Å². The lowest BCUT2D eigenvalue weighted by atomic mass is 10.1. The van der Waals surface area contributed by atoms with Gasteiger partial charge in [0.05, 0.1) is 25.2 Å². The molecule has 0 spiro atoms. The lowest BCUT2D eigenvalue weighted by Gasteiger charge is -2.18. The highest BCUT2D eigenvalue weighted by atomic mass is 16.5. The molecule has 1 amide bonds. The van der Waals surface area contributed by atoms with Crippen molar-refractivity contribution in [2.45, 2.75) is 31.4 Å². The lowest BCUT2D eigenvalue weighted by Crippen LogP contribution is -2.32. The lowest BCUT2D eigenvalue weighted by molar-refractivity contribution is -0.124. The Morgan fingerprint density at radius 3 is 2.83 bits per heavy atom. The first-order valence-corrected chi connectivity index (χ1v) is 6.36. The van der Waals surface area contributed by atoms with Gasteiger partial charge in [0.1, 0.15) is 0 Å². The van der Waals surface area contributed by atoms with Crippen LogP contribution in [0.1, 0.15) is 30.9 Å². The van der Waals surface area contributed by atoms with E-state index in [2.05, 4.69) is 5.32 Å². The van der Waals surface area contributed by atoms with Crippen molar-refractivity contribution in [2.24, 2.45) is 0 Å². The number of aliphatic hydroxyl groups excluding tert-OH is 1. The molecule has 0 saturated carbocycles. The van der Waals surface area contributed by atoms with Crippen molar-refractivity contribution in [3.63, 3.8) is 0 Å². The Morgan fingerprint density at radius 2 is 2.22 bits per heavy atom. The molecule has 4 heteroatoms. The van der Waals surface area contributed by atoms with E-state index >= 15 is 0 Å². The molecule has 1 heterocycles. The topological polar surface area (TPSA) is 58.6 Å². The third-order valence-corrected chi connectivity index (χ3v) is 3.16. The number of ether oxygens (including phenoxy) is 1. The zero-order valence-electron chi connectivity index (χ0n) is 10.3. The van der Waals surface area contributed by atoms with Gasteiger partial charge >= 0.3 is 0 Å². The van der Waals surface area contributed by atoms with Gasteiger partial charge < -0.3 is 15.2 Å². The Bertz CT molecular complexity index is 374. The molecule has 0 aliphatic carbocycles. The molecule has 1 fully saturated rings. The normalized spacial score (nSPS) is 20.6. The van der Waals surface area contributed by atoms with Gasteiger partial charge in [-0.2, -0.15) is 0 Å². The van der Waals surface area contributed by atoms with Crippen LogP contribution in [0.15, 0.2) is 30.3 Å². The summed E-state index contributed by atoms with van der Waals surface area (Å²) in [5.41, 5.74) is 0.917. The van der Waals surface area contributed by atoms with E-state index in [4.69, 9.17) is 4.74 Å². The molecular weight excluding hydrogens is 230 g/mol. The first-order valence-electron chi connectivity index (χ1n) is 6.36. The van der Waals surface area contributed by atoms with Crippen LogP contribution in [0.25, 0.3) is 0 Å². The van der Waals surface area contributed by atoms with Gasteiger partial charge in [-0.1, -0.05) is 30.3 Å². The summed E-state index contributed by atoms with van der Waals surface area (Å²) >= 11 is 0. The molecule has 2 atom stereocenters. The summed E-state index contributed by atoms with van der Waals surface area (Å²) in [6.07, 6.45) is 2.39. The molecule has 1 aromatic carbocycles. The fourth-order valence-corrected chi connectivity index (χ4v) is 2.19. The Kier molecular flexibility index (Phi) is 4.73. The maximum Gasteiger partial charge on any atom is 0.223 e. The molecule has 18 heavy (non-hydrogen) atoms. The number of nitrogens with one attached hydrogen (secondary N) is 1.